The molecule has 0 spiro atoms. The van der Waals surface area contributed by atoms with Gasteiger partial charge in [0.2, 0.25) is 0 Å². The molecule has 11 heavy (non-hydrogen) atoms. The maximum Gasteiger partial charge on any atom is 0.159 e. The number of nitrogens with zero attached hydrogens (tertiary/aromatic N) is 2. The highest BCUT2D eigenvalue weighted by Gasteiger charge is 2.38. The lowest BCUT2D eigenvalue weighted by molar-refractivity contribution is 0.376. The number of rotatable bonds is 1. The molecule has 1 aliphatic heterocycles. The van der Waals surface area contributed by atoms with Crippen molar-refractivity contribution in [2.75, 3.05) is 0 Å². The van der Waals surface area contributed by atoms with Crippen LogP contribution in [0.4, 0.5) is 4.39 Å². The first-order valence-corrected chi connectivity index (χ1v) is 3.40. The van der Waals surface area contributed by atoms with Gasteiger partial charge in [0.15, 0.2) is 11.6 Å². The van der Waals surface area contributed by atoms with Crippen LogP contribution in [-0.4, -0.2) is 16.1 Å². The van der Waals surface area contributed by atoms with Crippen molar-refractivity contribution in [3.8, 4) is 0 Å². The van der Waals surface area contributed by atoms with E-state index in [2.05, 4.69) is 9.97 Å². The Bertz CT molecular complexity index is 262. The van der Waals surface area contributed by atoms with Crippen molar-refractivity contribution in [2.45, 2.75) is 19.1 Å². The van der Waals surface area contributed by atoms with Crippen LogP contribution in [0.5, 0.6) is 0 Å². The van der Waals surface area contributed by atoms with E-state index in [0.29, 0.717) is 5.82 Å². The lowest BCUT2D eigenvalue weighted by Crippen LogP contribution is -1.94. The smallest absolute Gasteiger partial charge is 0.159 e. The Hall–Kier alpha value is -1.03. The lowest BCUT2D eigenvalue weighted by atomic mass is 10.3. The third-order valence-corrected chi connectivity index (χ3v) is 1.61. The summed E-state index contributed by atoms with van der Waals surface area (Å²) in [6, 6.07) is 0. The molecule has 0 bridgehead atoms. The van der Waals surface area contributed by atoms with Crippen LogP contribution < -0.4 is 0 Å². The van der Waals surface area contributed by atoms with Crippen molar-refractivity contribution < 1.29 is 9.13 Å². The Balaban J connectivity index is 2.21. The summed E-state index contributed by atoms with van der Waals surface area (Å²) in [6.45, 7) is 1.93. The monoisotopic (exact) mass is 154 g/mol. The van der Waals surface area contributed by atoms with Gasteiger partial charge >= 0.3 is 0 Å². The van der Waals surface area contributed by atoms with E-state index in [-0.39, 0.29) is 12.2 Å². The van der Waals surface area contributed by atoms with Gasteiger partial charge in [-0.3, -0.25) is 0 Å². The van der Waals surface area contributed by atoms with E-state index in [9.17, 15) is 4.39 Å². The summed E-state index contributed by atoms with van der Waals surface area (Å²) in [6.07, 6.45) is 2.46. The second-order valence-corrected chi connectivity index (χ2v) is 2.52. The summed E-state index contributed by atoms with van der Waals surface area (Å²) in [5.41, 5.74) is 0. The predicted molar refractivity (Wildman–Crippen MR) is 35.3 cm³/mol. The molecule has 2 rings (SSSR count). The van der Waals surface area contributed by atoms with Gasteiger partial charge in [-0.05, 0) is 6.92 Å². The molecule has 1 aliphatic rings. The molecule has 0 saturated carbocycles. The largest absolute Gasteiger partial charge is 0.361 e. The Morgan fingerprint density at radius 1 is 1.45 bits per heavy atom. The molecule has 1 saturated heterocycles. The zero-order chi connectivity index (χ0) is 7.84. The minimum absolute atomic E-state index is 0.0180. The molecule has 3 nitrogen and oxygen atoms in total. The minimum Gasteiger partial charge on any atom is -0.361 e. The third-order valence-electron chi connectivity index (χ3n) is 1.61. The Labute approximate surface area is 63.2 Å². The molecule has 1 fully saturated rings. The van der Waals surface area contributed by atoms with Gasteiger partial charge in [-0.25, -0.2) is 14.4 Å². The summed E-state index contributed by atoms with van der Waals surface area (Å²) in [5.74, 6) is 0.154. The van der Waals surface area contributed by atoms with Gasteiger partial charge in [0, 0.05) is 0 Å². The molecule has 0 N–H and O–H groups in total. The van der Waals surface area contributed by atoms with E-state index in [1.807, 2.05) is 6.92 Å². The Morgan fingerprint density at radius 3 is 2.45 bits per heavy atom. The highest BCUT2D eigenvalue weighted by molar-refractivity contribution is 5.02. The topological polar surface area (TPSA) is 38.3 Å². The predicted octanol–water partition coefficient (Wildman–Crippen LogP) is 1.08. The standard InChI is InChI=1S/C7H7FN2O/c1-4-6(11-4)7-9-2-5(8)3-10-7/h2-4,6H,1H3/t4-,6?/m0/s1. The van der Waals surface area contributed by atoms with Crippen molar-refractivity contribution in [2.24, 2.45) is 0 Å². The summed E-state index contributed by atoms with van der Waals surface area (Å²) in [7, 11) is 0. The van der Waals surface area contributed by atoms with Gasteiger partial charge in [-0.2, -0.15) is 0 Å². The molecular formula is C7H7FN2O. The number of hydrogen-bond acceptors (Lipinski definition) is 3. The van der Waals surface area contributed by atoms with Crippen LogP contribution in [0.2, 0.25) is 0 Å². The maximum absolute atomic E-state index is 12.3. The Kier molecular flexibility index (Phi) is 1.35. The zero-order valence-electron chi connectivity index (χ0n) is 5.99. The van der Waals surface area contributed by atoms with Gasteiger partial charge in [-0.15, -0.1) is 0 Å². The van der Waals surface area contributed by atoms with E-state index >= 15 is 0 Å². The molecular weight excluding hydrogens is 147 g/mol. The van der Waals surface area contributed by atoms with E-state index in [0.717, 1.165) is 12.4 Å². The fourth-order valence-corrected chi connectivity index (χ4v) is 0.926. The number of aromatic nitrogens is 2. The molecule has 2 atom stereocenters. The third kappa shape index (κ3) is 1.21. The highest BCUT2D eigenvalue weighted by atomic mass is 19.1. The van der Waals surface area contributed by atoms with E-state index in [1.165, 1.54) is 0 Å². The fraction of sp³-hybridized carbons (Fsp3) is 0.429. The normalized spacial score (nSPS) is 28.5. The van der Waals surface area contributed by atoms with Crippen LogP contribution in [0.25, 0.3) is 0 Å². The molecule has 4 heteroatoms. The van der Waals surface area contributed by atoms with Crippen LogP contribution in [-0.2, 0) is 4.74 Å². The number of halogens is 1. The van der Waals surface area contributed by atoms with Gasteiger partial charge in [0.05, 0.1) is 18.5 Å². The molecule has 1 aromatic rings. The molecule has 0 aromatic carbocycles. The molecule has 1 aromatic heterocycles. The quantitative estimate of drug-likeness (QED) is 0.568. The first kappa shape index (κ1) is 6.67. The van der Waals surface area contributed by atoms with Crippen LogP contribution >= 0.6 is 0 Å². The number of hydrogen-bond donors (Lipinski definition) is 0. The molecule has 0 aliphatic carbocycles. The summed E-state index contributed by atoms with van der Waals surface area (Å²) < 4.78 is 17.4. The van der Waals surface area contributed by atoms with Crippen LogP contribution in [0.15, 0.2) is 12.4 Å². The number of epoxide rings is 1. The van der Waals surface area contributed by atoms with Crippen molar-refractivity contribution in [1.29, 1.82) is 0 Å². The minimum atomic E-state index is -0.415. The highest BCUT2D eigenvalue weighted by Crippen LogP contribution is 2.35. The summed E-state index contributed by atoms with van der Waals surface area (Å²) in [5, 5.41) is 0. The van der Waals surface area contributed by atoms with Crippen LogP contribution in [0.3, 0.4) is 0 Å². The maximum atomic E-state index is 12.3. The zero-order valence-corrected chi connectivity index (χ0v) is 5.99. The van der Waals surface area contributed by atoms with Gasteiger partial charge < -0.3 is 4.74 Å². The van der Waals surface area contributed by atoms with Gasteiger partial charge in [-0.1, -0.05) is 0 Å². The molecule has 0 amide bonds. The van der Waals surface area contributed by atoms with E-state index in [4.69, 9.17) is 4.74 Å². The summed E-state index contributed by atoms with van der Waals surface area (Å²) in [4.78, 5) is 7.56. The fourth-order valence-electron chi connectivity index (χ4n) is 0.926. The van der Waals surface area contributed by atoms with Gasteiger partial charge in [0.1, 0.15) is 6.10 Å². The van der Waals surface area contributed by atoms with E-state index < -0.39 is 5.82 Å². The van der Waals surface area contributed by atoms with Crippen molar-refractivity contribution in [3.05, 3.63) is 24.0 Å². The first-order chi connectivity index (χ1) is 5.27. The second kappa shape index (κ2) is 2.23. The van der Waals surface area contributed by atoms with Crippen molar-refractivity contribution in [3.63, 3.8) is 0 Å². The molecule has 2 heterocycles. The van der Waals surface area contributed by atoms with Crippen LogP contribution in [0.1, 0.15) is 18.9 Å². The van der Waals surface area contributed by atoms with Crippen LogP contribution in [0, 0.1) is 5.82 Å². The summed E-state index contributed by atoms with van der Waals surface area (Å²) >= 11 is 0. The number of ether oxygens (including phenoxy) is 1. The van der Waals surface area contributed by atoms with Crippen molar-refractivity contribution >= 4 is 0 Å². The average molecular weight is 154 g/mol. The molecule has 58 valence electrons. The van der Waals surface area contributed by atoms with E-state index in [1.54, 1.807) is 0 Å². The molecule has 0 radical (unpaired) electrons. The van der Waals surface area contributed by atoms with Crippen molar-refractivity contribution in [1.82, 2.24) is 9.97 Å². The van der Waals surface area contributed by atoms with Gasteiger partial charge in [0.25, 0.3) is 0 Å². The Morgan fingerprint density at radius 2 is 2.00 bits per heavy atom. The molecule has 1 unspecified atom stereocenters. The first-order valence-electron chi connectivity index (χ1n) is 3.40. The average Bonchev–Trinajstić information content (AvgIpc) is 2.69. The SMILES string of the molecule is C[C@@H]1OC1c1ncc(F)cn1. The second-order valence-electron chi connectivity index (χ2n) is 2.52. The lowest BCUT2D eigenvalue weighted by Gasteiger charge is -1.91.